The highest BCUT2D eigenvalue weighted by Gasteiger charge is 2.27. The van der Waals surface area contributed by atoms with Crippen molar-refractivity contribution in [1.29, 1.82) is 0 Å². The lowest BCUT2D eigenvalue weighted by Crippen LogP contribution is -2.43. The number of ketones is 1. The summed E-state index contributed by atoms with van der Waals surface area (Å²) in [6, 6.07) is -0.402. The average molecular weight is 255 g/mol. The van der Waals surface area contributed by atoms with Crippen molar-refractivity contribution in [3.8, 4) is 0 Å². The molecular formula is C14H25NO3. The van der Waals surface area contributed by atoms with Crippen molar-refractivity contribution < 1.29 is 14.3 Å². The molecule has 0 aliphatic heterocycles. The van der Waals surface area contributed by atoms with Crippen molar-refractivity contribution in [2.45, 2.75) is 71.4 Å². The lowest BCUT2D eigenvalue weighted by atomic mass is 9.80. The predicted octanol–water partition coefficient (Wildman–Crippen LogP) is 3.05. The standard InChI is InChI=1S/C14H25NO3/c1-5-11(12(16)9-10-7-6-8-10)15-13(17)18-14(2,3)4/h10-11H,5-9H2,1-4H3,(H,15,17). The fraction of sp³-hybridized carbons (Fsp3) is 0.857. The molecule has 0 heterocycles. The Hall–Kier alpha value is -1.06. The van der Waals surface area contributed by atoms with Gasteiger partial charge in [0.1, 0.15) is 5.60 Å². The van der Waals surface area contributed by atoms with Crippen molar-refractivity contribution in [3.63, 3.8) is 0 Å². The van der Waals surface area contributed by atoms with Crippen LogP contribution in [0.5, 0.6) is 0 Å². The van der Waals surface area contributed by atoms with Crippen LogP contribution in [0.25, 0.3) is 0 Å². The van der Waals surface area contributed by atoms with Crippen molar-refractivity contribution in [1.82, 2.24) is 5.32 Å². The molecule has 0 radical (unpaired) electrons. The Morgan fingerprint density at radius 1 is 1.33 bits per heavy atom. The van der Waals surface area contributed by atoms with Gasteiger partial charge < -0.3 is 10.1 Å². The van der Waals surface area contributed by atoms with Crippen LogP contribution in [0.3, 0.4) is 0 Å². The molecule has 0 aromatic heterocycles. The zero-order valence-electron chi connectivity index (χ0n) is 11.9. The minimum atomic E-state index is -0.528. The highest BCUT2D eigenvalue weighted by atomic mass is 16.6. The summed E-state index contributed by atoms with van der Waals surface area (Å²) in [5.41, 5.74) is -0.528. The molecule has 1 fully saturated rings. The van der Waals surface area contributed by atoms with E-state index in [4.69, 9.17) is 4.74 Å². The molecule has 104 valence electrons. The van der Waals surface area contributed by atoms with Crippen LogP contribution < -0.4 is 5.32 Å². The second-order valence-corrected chi connectivity index (χ2v) is 6.07. The smallest absolute Gasteiger partial charge is 0.408 e. The van der Waals surface area contributed by atoms with Crippen molar-refractivity contribution in [3.05, 3.63) is 0 Å². The van der Waals surface area contributed by atoms with Gasteiger partial charge in [-0.25, -0.2) is 4.79 Å². The summed E-state index contributed by atoms with van der Waals surface area (Å²) < 4.78 is 5.16. The number of Topliss-reactive ketones (excluding diaryl/α,β-unsaturated/α-hetero) is 1. The van der Waals surface area contributed by atoms with E-state index in [0.717, 1.165) is 12.8 Å². The second kappa shape index (κ2) is 6.21. The average Bonchev–Trinajstić information content (AvgIpc) is 2.17. The SMILES string of the molecule is CCC(NC(=O)OC(C)(C)C)C(=O)CC1CCC1. The predicted molar refractivity (Wildman–Crippen MR) is 70.4 cm³/mol. The molecule has 0 aromatic carbocycles. The number of ether oxygens (including phenoxy) is 1. The third-order valence-corrected chi connectivity index (χ3v) is 3.20. The maximum Gasteiger partial charge on any atom is 0.408 e. The fourth-order valence-corrected chi connectivity index (χ4v) is 1.98. The normalized spacial score (nSPS) is 17.8. The Labute approximate surface area is 109 Å². The number of rotatable bonds is 5. The quantitative estimate of drug-likeness (QED) is 0.821. The van der Waals surface area contributed by atoms with Gasteiger partial charge in [0.05, 0.1) is 6.04 Å². The third-order valence-electron chi connectivity index (χ3n) is 3.20. The lowest BCUT2D eigenvalue weighted by Gasteiger charge is -2.27. The van der Waals surface area contributed by atoms with Gasteiger partial charge in [0.25, 0.3) is 0 Å². The first-order chi connectivity index (χ1) is 8.31. The van der Waals surface area contributed by atoms with Crippen LogP contribution in [0.1, 0.15) is 59.8 Å². The maximum atomic E-state index is 12.0. The maximum absolute atomic E-state index is 12.0. The fourth-order valence-electron chi connectivity index (χ4n) is 1.98. The van der Waals surface area contributed by atoms with Gasteiger partial charge >= 0.3 is 6.09 Å². The topological polar surface area (TPSA) is 55.4 Å². The molecule has 0 spiro atoms. The van der Waals surface area contributed by atoms with E-state index in [1.54, 1.807) is 0 Å². The van der Waals surface area contributed by atoms with E-state index in [1.807, 2.05) is 27.7 Å². The second-order valence-electron chi connectivity index (χ2n) is 6.07. The molecule has 4 heteroatoms. The third kappa shape index (κ3) is 5.07. The van der Waals surface area contributed by atoms with Crippen LogP contribution in [0, 0.1) is 5.92 Å². The van der Waals surface area contributed by atoms with E-state index in [1.165, 1.54) is 6.42 Å². The molecule has 4 nitrogen and oxygen atoms in total. The first-order valence-corrected chi connectivity index (χ1v) is 6.84. The highest BCUT2D eigenvalue weighted by Crippen LogP contribution is 2.30. The summed E-state index contributed by atoms with van der Waals surface area (Å²) in [5, 5.41) is 2.67. The molecule has 0 aromatic rings. The van der Waals surface area contributed by atoms with E-state index in [9.17, 15) is 9.59 Å². The molecule has 1 saturated carbocycles. The van der Waals surface area contributed by atoms with Gasteiger partial charge in [-0.1, -0.05) is 26.2 Å². The minimum absolute atomic E-state index is 0.132. The van der Waals surface area contributed by atoms with Crippen molar-refractivity contribution in [2.24, 2.45) is 5.92 Å². The van der Waals surface area contributed by atoms with Crippen LogP contribution in [-0.2, 0) is 9.53 Å². The van der Waals surface area contributed by atoms with E-state index in [0.29, 0.717) is 18.8 Å². The van der Waals surface area contributed by atoms with Crippen molar-refractivity contribution in [2.75, 3.05) is 0 Å². The minimum Gasteiger partial charge on any atom is -0.444 e. The molecule has 1 rings (SSSR count). The zero-order valence-corrected chi connectivity index (χ0v) is 11.9. The first-order valence-electron chi connectivity index (χ1n) is 6.84. The summed E-state index contributed by atoms with van der Waals surface area (Å²) in [6.07, 6.45) is 4.23. The van der Waals surface area contributed by atoms with E-state index >= 15 is 0 Å². The summed E-state index contributed by atoms with van der Waals surface area (Å²) >= 11 is 0. The molecule has 18 heavy (non-hydrogen) atoms. The Kier molecular flexibility index (Phi) is 5.17. The Morgan fingerprint density at radius 2 is 1.94 bits per heavy atom. The molecule has 1 N–H and O–H groups in total. The largest absolute Gasteiger partial charge is 0.444 e. The monoisotopic (exact) mass is 255 g/mol. The van der Waals surface area contributed by atoms with Gasteiger partial charge in [-0.3, -0.25) is 4.79 Å². The van der Waals surface area contributed by atoms with Crippen LogP contribution in [0.2, 0.25) is 0 Å². The number of hydrogen-bond acceptors (Lipinski definition) is 3. The van der Waals surface area contributed by atoms with E-state index in [-0.39, 0.29) is 5.78 Å². The molecule has 0 bridgehead atoms. The zero-order chi connectivity index (χ0) is 13.8. The van der Waals surface area contributed by atoms with Gasteiger partial charge in [-0.15, -0.1) is 0 Å². The molecule has 1 amide bonds. The van der Waals surface area contributed by atoms with E-state index in [2.05, 4.69) is 5.32 Å². The number of hydrogen-bond donors (Lipinski definition) is 1. The van der Waals surface area contributed by atoms with Crippen LogP contribution >= 0.6 is 0 Å². The first kappa shape index (κ1) is 15.0. The summed E-state index contributed by atoms with van der Waals surface area (Å²) in [5.74, 6) is 0.667. The van der Waals surface area contributed by atoms with Crippen LogP contribution in [0.4, 0.5) is 4.79 Å². The van der Waals surface area contributed by atoms with Gasteiger partial charge in [-0.2, -0.15) is 0 Å². The number of carbonyl (C=O) groups is 2. The van der Waals surface area contributed by atoms with Crippen molar-refractivity contribution >= 4 is 11.9 Å². The highest BCUT2D eigenvalue weighted by molar-refractivity contribution is 5.87. The van der Waals surface area contributed by atoms with Crippen LogP contribution in [-0.4, -0.2) is 23.5 Å². The molecular weight excluding hydrogens is 230 g/mol. The Bertz CT molecular complexity index is 303. The number of amides is 1. The summed E-state index contributed by atoms with van der Waals surface area (Å²) in [7, 11) is 0. The number of alkyl carbamates (subject to hydrolysis) is 1. The van der Waals surface area contributed by atoms with Gasteiger partial charge in [0.15, 0.2) is 5.78 Å². The molecule has 1 aliphatic rings. The Morgan fingerprint density at radius 3 is 2.33 bits per heavy atom. The lowest BCUT2D eigenvalue weighted by molar-refractivity contribution is -0.122. The van der Waals surface area contributed by atoms with Gasteiger partial charge in [0, 0.05) is 6.42 Å². The number of carbonyl (C=O) groups excluding carboxylic acids is 2. The molecule has 0 saturated heterocycles. The molecule has 1 unspecified atom stereocenters. The van der Waals surface area contributed by atoms with E-state index < -0.39 is 17.7 Å². The summed E-state index contributed by atoms with van der Waals surface area (Å²) in [6.45, 7) is 7.33. The molecule has 1 atom stereocenters. The van der Waals surface area contributed by atoms with Gasteiger partial charge in [0.2, 0.25) is 0 Å². The molecule has 1 aliphatic carbocycles. The van der Waals surface area contributed by atoms with Gasteiger partial charge in [-0.05, 0) is 33.1 Å². The van der Waals surface area contributed by atoms with Crippen LogP contribution in [0.15, 0.2) is 0 Å². The Balaban J connectivity index is 2.39. The summed E-state index contributed by atoms with van der Waals surface area (Å²) in [4.78, 5) is 23.6. The number of nitrogens with one attached hydrogen (secondary N) is 1.